The van der Waals surface area contributed by atoms with Gasteiger partial charge in [-0.25, -0.2) is 4.39 Å². The molecule has 0 amide bonds. The van der Waals surface area contributed by atoms with Gasteiger partial charge in [0.2, 0.25) is 0 Å². The van der Waals surface area contributed by atoms with E-state index in [1.165, 1.54) is 12.1 Å². The number of nitrogens with two attached hydrogens (primary N) is 1. The Morgan fingerprint density at radius 1 is 1.26 bits per heavy atom. The van der Waals surface area contributed by atoms with E-state index in [1.54, 1.807) is 18.2 Å². The van der Waals surface area contributed by atoms with Crippen LogP contribution in [-0.4, -0.2) is 4.99 Å². The second kappa shape index (κ2) is 5.99. The highest BCUT2D eigenvalue weighted by atomic mass is 35.5. The molecule has 0 aliphatic heterocycles. The summed E-state index contributed by atoms with van der Waals surface area (Å²) in [7, 11) is 0. The molecule has 5 heteroatoms. The zero-order valence-electron chi connectivity index (χ0n) is 9.90. The van der Waals surface area contributed by atoms with Gasteiger partial charge in [-0.05, 0) is 24.3 Å². The van der Waals surface area contributed by atoms with E-state index >= 15 is 0 Å². The van der Waals surface area contributed by atoms with Crippen LogP contribution >= 0.6 is 23.8 Å². The molecule has 2 rings (SSSR count). The first-order valence-electron chi connectivity index (χ1n) is 5.53. The molecule has 0 fully saturated rings. The number of halogens is 2. The Morgan fingerprint density at radius 3 is 2.68 bits per heavy atom. The molecule has 2 N–H and O–H groups in total. The van der Waals surface area contributed by atoms with Gasteiger partial charge < -0.3 is 10.5 Å². The third-order valence-electron chi connectivity index (χ3n) is 2.55. The summed E-state index contributed by atoms with van der Waals surface area (Å²) in [5.74, 6) is 0.202. The Balaban J connectivity index is 2.17. The van der Waals surface area contributed by atoms with E-state index in [1.807, 2.05) is 12.1 Å². The van der Waals surface area contributed by atoms with Crippen molar-refractivity contribution in [2.45, 2.75) is 6.61 Å². The second-order valence-corrected chi connectivity index (χ2v) is 4.73. The highest BCUT2D eigenvalue weighted by Gasteiger charge is 2.07. The smallest absolute Gasteiger partial charge is 0.129 e. The molecule has 0 unspecified atom stereocenters. The molecule has 0 saturated heterocycles. The van der Waals surface area contributed by atoms with E-state index in [0.717, 1.165) is 0 Å². The van der Waals surface area contributed by atoms with Crippen molar-refractivity contribution in [3.8, 4) is 5.75 Å². The predicted octanol–water partition coefficient (Wildman–Crippen LogP) is 3.69. The normalized spacial score (nSPS) is 10.2. The fourth-order valence-electron chi connectivity index (χ4n) is 1.59. The second-order valence-electron chi connectivity index (χ2n) is 3.88. The first-order chi connectivity index (χ1) is 9.08. The zero-order valence-corrected chi connectivity index (χ0v) is 11.5. The van der Waals surface area contributed by atoms with Crippen molar-refractivity contribution in [2.75, 3.05) is 0 Å². The minimum Gasteiger partial charge on any atom is -0.488 e. The minimum absolute atomic E-state index is 0.221. The first-order valence-corrected chi connectivity index (χ1v) is 6.32. The number of hydrogen-bond acceptors (Lipinski definition) is 2. The molecule has 0 aliphatic rings. The van der Waals surface area contributed by atoms with Gasteiger partial charge in [0.05, 0.1) is 10.6 Å². The quantitative estimate of drug-likeness (QED) is 0.874. The molecular formula is C14H11ClFNOS. The van der Waals surface area contributed by atoms with Gasteiger partial charge in [0.15, 0.2) is 0 Å². The number of rotatable bonds is 4. The standard InChI is InChI=1S/C14H11ClFNOS/c15-12-7-10(16)6-5-9(12)8-18-13-4-2-1-3-11(13)14(17)19/h1-7H,8H2,(H2,17,19). The first kappa shape index (κ1) is 13.8. The van der Waals surface area contributed by atoms with Crippen molar-refractivity contribution in [1.29, 1.82) is 0 Å². The number of hydrogen-bond donors (Lipinski definition) is 1. The lowest BCUT2D eigenvalue weighted by Gasteiger charge is -2.11. The van der Waals surface area contributed by atoms with Crippen LogP contribution in [-0.2, 0) is 6.61 Å². The Kier molecular flexibility index (Phi) is 4.35. The Labute approximate surface area is 120 Å². The van der Waals surface area contributed by atoms with Crippen molar-refractivity contribution >= 4 is 28.8 Å². The molecule has 0 radical (unpaired) electrons. The van der Waals surface area contributed by atoms with Crippen LogP contribution < -0.4 is 10.5 Å². The maximum absolute atomic E-state index is 12.9. The van der Waals surface area contributed by atoms with Crippen molar-refractivity contribution in [1.82, 2.24) is 0 Å². The van der Waals surface area contributed by atoms with Gasteiger partial charge in [-0.3, -0.25) is 0 Å². The summed E-state index contributed by atoms with van der Waals surface area (Å²) in [5, 5.41) is 0.327. The maximum Gasteiger partial charge on any atom is 0.129 e. The van der Waals surface area contributed by atoms with E-state index in [2.05, 4.69) is 0 Å². The molecule has 0 bridgehead atoms. The molecular weight excluding hydrogens is 285 g/mol. The highest BCUT2D eigenvalue weighted by molar-refractivity contribution is 7.80. The largest absolute Gasteiger partial charge is 0.488 e. The van der Waals surface area contributed by atoms with Crippen LogP contribution in [0.15, 0.2) is 42.5 Å². The third-order valence-corrected chi connectivity index (χ3v) is 3.12. The van der Waals surface area contributed by atoms with Gasteiger partial charge >= 0.3 is 0 Å². The summed E-state index contributed by atoms with van der Waals surface area (Å²) >= 11 is 10.9. The van der Waals surface area contributed by atoms with E-state index in [0.29, 0.717) is 21.9 Å². The Bertz CT molecular complexity index is 618. The highest BCUT2D eigenvalue weighted by Crippen LogP contribution is 2.22. The number of para-hydroxylation sites is 1. The third kappa shape index (κ3) is 3.43. The lowest BCUT2D eigenvalue weighted by Crippen LogP contribution is -2.11. The summed E-state index contributed by atoms with van der Waals surface area (Å²) in [4.78, 5) is 0.265. The molecule has 0 aliphatic carbocycles. The van der Waals surface area contributed by atoms with Gasteiger partial charge in [-0.2, -0.15) is 0 Å². The Hall–Kier alpha value is -1.65. The monoisotopic (exact) mass is 295 g/mol. The average Bonchev–Trinajstić information content (AvgIpc) is 2.38. The SMILES string of the molecule is NC(=S)c1ccccc1OCc1ccc(F)cc1Cl. The molecule has 98 valence electrons. The van der Waals surface area contributed by atoms with Crippen molar-refractivity contribution in [2.24, 2.45) is 5.73 Å². The molecule has 0 aromatic heterocycles. The molecule has 0 heterocycles. The van der Waals surface area contributed by atoms with Crippen LogP contribution in [0, 0.1) is 5.82 Å². The van der Waals surface area contributed by atoms with Gasteiger partial charge in [0.25, 0.3) is 0 Å². The van der Waals surface area contributed by atoms with Crippen LogP contribution in [0.2, 0.25) is 5.02 Å². The molecule has 0 saturated carbocycles. The van der Waals surface area contributed by atoms with Crippen LogP contribution in [0.3, 0.4) is 0 Å². The maximum atomic E-state index is 12.9. The lowest BCUT2D eigenvalue weighted by molar-refractivity contribution is 0.305. The van der Waals surface area contributed by atoms with Gasteiger partial charge in [-0.15, -0.1) is 0 Å². The predicted molar refractivity (Wildman–Crippen MR) is 78.1 cm³/mol. The number of ether oxygens (including phenoxy) is 1. The van der Waals surface area contributed by atoms with E-state index in [4.69, 9.17) is 34.3 Å². The summed E-state index contributed by atoms with van der Waals surface area (Å²) in [5.41, 5.74) is 6.97. The van der Waals surface area contributed by atoms with E-state index < -0.39 is 0 Å². The molecule has 0 atom stereocenters. The van der Waals surface area contributed by atoms with Crippen molar-refractivity contribution < 1.29 is 9.13 Å². The molecule has 19 heavy (non-hydrogen) atoms. The topological polar surface area (TPSA) is 35.2 Å². The molecule has 2 aromatic carbocycles. The van der Waals surface area contributed by atoms with Crippen molar-refractivity contribution in [3.05, 3.63) is 64.4 Å². The van der Waals surface area contributed by atoms with Crippen LogP contribution in [0.5, 0.6) is 5.75 Å². The summed E-state index contributed by atoms with van der Waals surface area (Å²) in [6.45, 7) is 0.221. The molecule has 2 nitrogen and oxygen atoms in total. The fraction of sp³-hybridized carbons (Fsp3) is 0.0714. The van der Waals surface area contributed by atoms with Gasteiger partial charge in [-0.1, -0.05) is 42.0 Å². The van der Waals surface area contributed by atoms with E-state index in [9.17, 15) is 4.39 Å². The summed E-state index contributed by atoms with van der Waals surface area (Å²) < 4.78 is 18.6. The van der Waals surface area contributed by atoms with Crippen LogP contribution in [0.25, 0.3) is 0 Å². The zero-order chi connectivity index (χ0) is 13.8. The fourth-order valence-corrected chi connectivity index (χ4v) is 1.98. The molecule has 2 aromatic rings. The average molecular weight is 296 g/mol. The van der Waals surface area contributed by atoms with Crippen LogP contribution in [0.4, 0.5) is 4.39 Å². The van der Waals surface area contributed by atoms with Gasteiger partial charge in [0.1, 0.15) is 23.2 Å². The van der Waals surface area contributed by atoms with E-state index in [-0.39, 0.29) is 17.4 Å². The lowest BCUT2D eigenvalue weighted by atomic mass is 10.2. The minimum atomic E-state index is -0.378. The summed E-state index contributed by atoms with van der Waals surface area (Å²) in [6.07, 6.45) is 0. The number of benzene rings is 2. The summed E-state index contributed by atoms with van der Waals surface area (Å²) in [6, 6.07) is 11.4. The Morgan fingerprint density at radius 2 is 2.00 bits per heavy atom. The van der Waals surface area contributed by atoms with Gasteiger partial charge in [0, 0.05) is 5.56 Å². The molecule has 0 spiro atoms. The van der Waals surface area contributed by atoms with Crippen LogP contribution in [0.1, 0.15) is 11.1 Å². The number of thiocarbonyl (C=S) groups is 1. The van der Waals surface area contributed by atoms with Crippen molar-refractivity contribution in [3.63, 3.8) is 0 Å².